The normalized spacial score (nSPS) is 20.3. The third kappa shape index (κ3) is 3.03. The number of carbonyl (C=O) groups excluding carboxylic acids is 1. The average Bonchev–Trinajstić information content (AvgIpc) is 3.31. The molecule has 1 saturated carbocycles. The molecule has 1 aliphatic heterocycles. The van der Waals surface area contributed by atoms with E-state index in [1.807, 2.05) is 24.3 Å². The number of hydrogen-bond donors (Lipinski definition) is 1. The maximum absolute atomic E-state index is 13.2. The van der Waals surface area contributed by atoms with Crippen LogP contribution in [0.15, 0.2) is 41.8 Å². The van der Waals surface area contributed by atoms with Gasteiger partial charge >= 0.3 is 0 Å². The fraction of sp³-hybridized carbons (Fsp3) is 0.476. The summed E-state index contributed by atoms with van der Waals surface area (Å²) in [5, 5.41) is 5.41. The largest absolute Gasteiger partial charge is 0.496 e. The first kappa shape index (κ1) is 17.6. The van der Waals surface area contributed by atoms with Crippen molar-refractivity contribution in [2.24, 2.45) is 0 Å². The Morgan fingerprint density at radius 3 is 2.58 bits per heavy atom. The average molecular weight is 372 g/mol. The van der Waals surface area contributed by atoms with Crippen LogP contribution in [0.3, 0.4) is 0 Å². The predicted octanol–water partition coefficient (Wildman–Crippen LogP) is 3.65. The van der Waals surface area contributed by atoms with Crippen molar-refractivity contribution in [2.45, 2.75) is 36.5 Å². The number of methoxy groups -OCH3 is 1. The summed E-state index contributed by atoms with van der Waals surface area (Å²) in [5.41, 5.74) is 0.588. The monoisotopic (exact) mass is 371 g/mol. The predicted molar refractivity (Wildman–Crippen MR) is 103 cm³/mol. The SMILES string of the molecule is COc1ccccc1C1(C(=O)NCC2(c3cccs3)CCOCC2)CC1. The summed E-state index contributed by atoms with van der Waals surface area (Å²) in [5.74, 6) is 0.934. The molecule has 0 radical (unpaired) electrons. The molecule has 1 N–H and O–H groups in total. The third-order valence-electron chi connectivity index (χ3n) is 5.89. The van der Waals surface area contributed by atoms with Crippen molar-refractivity contribution in [1.29, 1.82) is 0 Å². The van der Waals surface area contributed by atoms with Crippen molar-refractivity contribution >= 4 is 17.2 Å². The van der Waals surface area contributed by atoms with E-state index in [4.69, 9.17) is 9.47 Å². The Hall–Kier alpha value is -1.85. The molecule has 2 aromatic rings. The van der Waals surface area contributed by atoms with Crippen LogP contribution in [-0.4, -0.2) is 32.8 Å². The third-order valence-corrected chi connectivity index (χ3v) is 7.00. The maximum atomic E-state index is 13.2. The summed E-state index contributed by atoms with van der Waals surface area (Å²) < 4.78 is 11.1. The highest BCUT2D eigenvalue weighted by Crippen LogP contribution is 2.51. The lowest BCUT2D eigenvalue weighted by molar-refractivity contribution is -0.124. The Balaban J connectivity index is 1.53. The van der Waals surface area contributed by atoms with Crippen molar-refractivity contribution in [3.05, 3.63) is 52.2 Å². The first-order valence-corrected chi connectivity index (χ1v) is 10.1. The van der Waals surface area contributed by atoms with Gasteiger partial charge in [0.2, 0.25) is 5.91 Å². The number of ether oxygens (including phenoxy) is 2. The molecule has 138 valence electrons. The number of para-hydroxylation sites is 1. The van der Waals surface area contributed by atoms with Crippen LogP contribution in [0.25, 0.3) is 0 Å². The van der Waals surface area contributed by atoms with Gasteiger partial charge in [-0.2, -0.15) is 0 Å². The molecule has 2 heterocycles. The van der Waals surface area contributed by atoms with Crippen LogP contribution in [-0.2, 0) is 20.4 Å². The van der Waals surface area contributed by atoms with Gasteiger partial charge in [0.1, 0.15) is 5.75 Å². The number of carbonyl (C=O) groups is 1. The lowest BCUT2D eigenvalue weighted by Gasteiger charge is -2.37. The second-order valence-corrected chi connectivity index (χ2v) is 8.28. The van der Waals surface area contributed by atoms with Crippen LogP contribution in [0.1, 0.15) is 36.1 Å². The molecule has 1 aromatic carbocycles. The number of rotatable bonds is 6. The van der Waals surface area contributed by atoms with Crippen molar-refractivity contribution < 1.29 is 14.3 Å². The molecule has 5 heteroatoms. The van der Waals surface area contributed by atoms with E-state index in [0.717, 1.165) is 50.2 Å². The number of thiophene rings is 1. The summed E-state index contributed by atoms with van der Waals surface area (Å²) in [4.78, 5) is 14.5. The smallest absolute Gasteiger partial charge is 0.230 e. The van der Waals surface area contributed by atoms with E-state index >= 15 is 0 Å². The standard InChI is InChI=1S/C21H25NO3S/c1-24-17-6-3-2-5-16(17)21(8-9-21)19(23)22-15-20(10-12-25-13-11-20)18-7-4-14-26-18/h2-7,14H,8-13,15H2,1H3,(H,22,23). The molecule has 0 spiro atoms. The zero-order valence-corrected chi connectivity index (χ0v) is 15.9. The number of nitrogens with one attached hydrogen (secondary N) is 1. The van der Waals surface area contributed by atoms with Gasteiger partial charge in [-0.25, -0.2) is 0 Å². The molecule has 2 fully saturated rings. The van der Waals surface area contributed by atoms with Gasteiger partial charge in [-0.15, -0.1) is 11.3 Å². The second-order valence-electron chi connectivity index (χ2n) is 7.34. The van der Waals surface area contributed by atoms with E-state index in [0.29, 0.717) is 6.54 Å². The minimum absolute atomic E-state index is 0.00106. The quantitative estimate of drug-likeness (QED) is 0.843. The van der Waals surface area contributed by atoms with E-state index in [1.165, 1.54) is 4.88 Å². The van der Waals surface area contributed by atoms with E-state index < -0.39 is 5.41 Å². The molecule has 0 unspecified atom stereocenters. The Bertz CT molecular complexity index is 761. The van der Waals surface area contributed by atoms with Gasteiger partial charge in [-0.3, -0.25) is 4.79 Å². The Morgan fingerprint density at radius 1 is 1.15 bits per heavy atom. The first-order valence-electron chi connectivity index (χ1n) is 9.24. The fourth-order valence-corrected chi connectivity index (χ4v) is 5.04. The topological polar surface area (TPSA) is 47.6 Å². The molecular weight excluding hydrogens is 346 g/mol. The fourth-order valence-electron chi connectivity index (χ4n) is 4.06. The molecule has 4 nitrogen and oxygen atoms in total. The highest BCUT2D eigenvalue weighted by atomic mass is 32.1. The summed E-state index contributed by atoms with van der Waals surface area (Å²) in [7, 11) is 1.67. The van der Waals surface area contributed by atoms with Crippen molar-refractivity contribution in [3.8, 4) is 5.75 Å². The van der Waals surface area contributed by atoms with E-state index in [9.17, 15) is 4.79 Å². The zero-order valence-electron chi connectivity index (χ0n) is 15.1. The van der Waals surface area contributed by atoms with Crippen molar-refractivity contribution in [3.63, 3.8) is 0 Å². The molecule has 1 aliphatic carbocycles. The second kappa shape index (κ2) is 7.05. The maximum Gasteiger partial charge on any atom is 0.230 e. The van der Waals surface area contributed by atoms with E-state index in [1.54, 1.807) is 18.4 Å². The Kier molecular flexibility index (Phi) is 4.76. The lowest BCUT2D eigenvalue weighted by Crippen LogP contribution is -2.46. The first-order chi connectivity index (χ1) is 12.7. The van der Waals surface area contributed by atoms with Crippen LogP contribution in [0, 0.1) is 0 Å². The Morgan fingerprint density at radius 2 is 1.92 bits per heavy atom. The molecule has 4 rings (SSSR count). The molecule has 1 amide bonds. The van der Waals surface area contributed by atoms with E-state index in [-0.39, 0.29) is 11.3 Å². The van der Waals surface area contributed by atoms with Gasteiger partial charge in [0.05, 0.1) is 12.5 Å². The van der Waals surface area contributed by atoms with E-state index in [2.05, 4.69) is 22.8 Å². The highest BCUT2D eigenvalue weighted by molar-refractivity contribution is 7.10. The minimum atomic E-state index is -0.422. The molecule has 1 aromatic heterocycles. The lowest BCUT2D eigenvalue weighted by atomic mass is 9.78. The van der Waals surface area contributed by atoms with Crippen LogP contribution in [0.4, 0.5) is 0 Å². The molecule has 1 saturated heterocycles. The van der Waals surface area contributed by atoms with Crippen molar-refractivity contribution in [2.75, 3.05) is 26.9 Å². The van der Waals surface area contributed by atoms with Gasteiger partial charge in [0.25, 0.3) is 0 Å². The van der Waals surface area contributed by atoms with Crippen LogP contribution in [0.5, 0.6) is 5.75 Å². The minimum Gasteiger partial charge on any atom is -0.496 e. The molecule has 26 heavy (non-hydrogen) atoms. The van der Waals surface area contributed by atoms with Gasteiger partial charge in [0.15, 0.2) is 0 Å². The molecule has 0 bridgehead atoms. The number of hydrogen-bond acceptors (Lipinski definition) is 4. The number of amides is 1. The van der Waals surface area contributed by atoms with Crippen LogP contribution in [0.2, 0.25) is 0 Å². The van der Waals surface area contributed by atoms with Gasteiger partial charge in [-0.05, 0) is 43.2 Å². The van der Waals surface area contributed by atoms with Crippen LogP contribution >= 0.6 is 11.3 Å². The van der Waals surface area contributed by atoms with Gasteiger partial charge in [0, 0.05) is 35.6 Å². The highest BCUT2D eigenvalue weighted by Gasteiger charge is 2.53. The summed E-state index contributed by atoms with van der Waals surface area (Å²) >= 11 is 1.78. The molecule has 0 atom stereocenters. The summed E-state index contributed by atoms with van der Waals surface area (Å²) in [6, 6.07) is 12.2. The number of benzene rings is 1. The zero-order chi connectivity index (χ0) is 18.0. The van der Waals surface area contributed by atoms with Crippen LogP contribution < -0.4 is 10.1 Å². The van der Waals surface area contributed by atoms with Gasteiger partial charge in [-0.1, -0.05) is 24.3 Å². The summed E-state index contributed by atoms with van der Waals surface area (Å²) in [6.07, 6.45) is 3.67. The summed E-state index contributed by atoms with van der Waals surface area (Å²) in [6.45, 7) is 2.18. The van der Waals surface area contributed by atoms with Crippen molar-refractivity contribution in [1.82, 2.24) is 5.32 Å². The van der Waals surface area contributed by atoms with Gasteiger partial charge < -0.3 is 14.8 Å². The molecular formula is C21H25NO3S. The Labute approximate surface area is 158 Å². The molecule has 2 aliphatic rings.